The van der Waals surface area contributed by atoms with E-state index in [2.05, 4.69) is 26.2 Å². The van der Waals surface area contributed by atoms with Crippen LogP contribution in [0.5, 0.6) is 0 Å². The van der Waals surface area contributed by atoms with Gasteiger partial charge >= 0.3 is 0 Å². The Morgan fingerprint density at radius 2 is 2.00 bits per heavy atom. The number of rotatable bonds is 4. The van der Waals surface area contributed by atoms with Crippen molar-refractivity contribution in [3.8, 4) is 0 Å². The predicted molar refractivity (Wildman–Crippen MR) is 91.9 cm³/mol. The Hall–Kier alpha value is -2.27. The van der Waals surface area contributed by atoms with Crippen LogP contribution in [-0.2, 0) is 6.42 Å². The third-order valence-corrected chi connectivity index (χ3v) is 4.06. The smallest absolute Gasteiger partial charge is 0.254 e. The van der Waals surface area contributed by atoms with Crippen LogP contribution in [0.3, 0.4) is 0 Å². The average molecular weight is 373 g/mol. The number of carbonyl (C=O) groups is 1. The molecule has 1 aromatic heterocycles. The van der Waals surface area contributed by atoms with Crippen molar-refractivity contribution in [1.29, 1.82) is 0 Å². The lowest BCUT2D eigenvalue weighted by Gasteiger charge is -2.08. The van der Waals surface area contributed by atoms with Gasteiger partial charge in [0.2, 0.25) is 0 Å². The van der Waals surface area contributed by atoms with Crippen LogP contribution in [0.15, 0.2) is 59.2 Å². The molecule has 3 aromatic rings. The molecule has 3 rings (SSSR count). The highest BCUT2D eigenvalue weighted by molar-refractivity contribution is 9.10. The van der Waals surface area contributed by atoms with E-state index in [1.54, 1.807) is 12.3 Å². The van der Waals surface area contributed by atoms with E-state index in [1.165, 1.54) is 12.1 Å². The Morgan fingerprint density at radius 1 is 1.17 bits per heavy atom. The molecule has 0 fully saturated rings. The van der Waals surface area contributed by atoms with Gasteiger partial charge in [0.05, 0.1) is 11.1 Å². The van der Waals surface area contributed by atoms with Gasteiger partial charge < -0.3 is 5.32 Å². The summed E-state index contributed by atoms with van der Waals surface area (Å²) in [6.07, 6.45) is 2.39. The van der Waals surface area contributed by atoms with Gasteiger partial charge in [-0.2, -0.15) is 0 Å². The Kier molecular flexibility index (Phi) is 4.67. The molecule has 0 bridgehead atoms. The fraction of sp³-hybridized carbons (Fsp3) is 0.111. The van der Waals surface area contributed by atoms with E-state index in [1.807, 2.05) is 30.3 Å². The summed E-state index contributed by atoms with van der Waals surface area (Å²) in [5.74, 6) is -0.950. The molecule has 0 saturated heterocycles. The summed E-state index contributed by atoms with van der Waals surface area (Å²) < 4.78 is 14.4. The zero-order valence-electron chi connectivity index (χ0n) is 12.2. The summed E-state index contributed by atoms with van der Waals surface area (Å²) in [4.78, 5) is 16.5. The summed E-state index contributed by atoms with van der Waals surface area (Å²) in [5.41, 5.74) is 2.02. The molecule has 116 valence electrons. The Morgan fingerprint density at radius 3 is 2.87 bits per heavy atom. The quantitative estimate of drug-likeness (QED) is 0.748. The Bertz CT molecular complexity index is 861. The molecule has 3 nitrogen and oxygen atoms in total. The monoisotopic (exact) mass is 372 g/mol. The number of amides is 1. The molecule has 5 heteroatoms. The van der Waals surface area contributed by atoms with Crippen LogP contribution in [0, 0.1) is 5.82 Å². The van der Waals surface area contributed by atoms with Crippen molar-refractivity contribution in [3.63, 3.8) is 0 Å². The lowest BCUT2D eigenvalue weighted by molar-refractivity contribution is 0.0950. The van der Waals surface area contributed by atoms with E-state index in [0.717, 1.165) is 16.5 Å². The molecule has 0 aliphatic rings. The van der Waals surface area contributed by atoms with Gasteiger partial charge in [0.1, 0.15) is 5.82 Å². The maximum Gasteiger partial charge on any atom is 0.254 e. The highest BCUT2D eigenvalue weighted by Crippen LogP contribution is 2.17. The van der Waals surface area contributed by atoms with Crippen LogP contribution >= 0.6 is 15.9 Å². The van der Waals surface area contributed by atoms with Crippen molar-refractivity contribution < 1.29 is 9.18 Å². The minimum atomic E-state index is -0.530. The number of fused-ring (bicyclic) bond motifs is 1. The number of para-hydroxylation sites is 1. The molecule has 0 unspecified atom stereocenters. The van der Waals surface area contributed by atoms with Gasteiger partial charge in [-0.25, -0.2) is 4.39 Å². The van der Waals surface area contributed by atoms with Crippen molar-refractivity contribution in [1.82, 2.24) is 10.3 Å². The molecule has 1 heterocycles. The number of hydrogen-bond donors (Lipinski definition) is 1. The topological polar surface area (TPSA) is 42.0 Å². The van der Waals surface area contributed by atoms with Crippen molar-refractivity contribution in [3.05, 3.63) is 76.1 Å². The fourth-order valence-corrected chi connectivity index (χ4v) is 2.81. The first-order valence-electron chi connectivity index (χ1n) is 7.21. The summed E-state index contributed by atoms with van der Waals surface area (Å²) in [6.45, 7) is 0.417. The molecule has 0 radical (unpaired) electrons. The highest BCUT2D eigenvalue weighted by atomic mass is 79.9. The van der Waals surface area contributed by atoms with Gasteiger partial charge in [0.15, 0.2) is 0 Å². The number of carbonyl (C=O) groups excluding carboxylic acids is 1. The zero-order chi connectivity index (χ0) is 16.2. The highest BCUT2D eigenvalue weighted by Gasteiger charge is 2.12. The van der Waals surface area contributed by atoms with E-state index in [4.69, 9.17) is 0 Å². The number of nitrogens with one attached hydrogen (secondary N) is 1. The maximum atomic E-state index is 13.7. The van der Waals surface area contributed by atoms with Gasteiger partial charge in [0.25, 0.3) is 5.91 Å². The first-order valence-corrected chi connectivity index (χ1v) is 8.00. The molecule has 0 aliphatic carbocycles. The lowest BCUT2D eigenvalue weighted by atomic mass is 10.1. The second kappa shape index (κ2) is 6.87. The standard InChI is InChI=1S/C18H14BrFN2O/c19-14-6-7-16(20)15(11-14)18(23)22-10-8-13-4-1-3-12-5-2-9-21-17(12)13/h1-7,9,11H,8,10H2,(H,22,23). The molecule has 23 heavy (non-hydrogen) atoms. The van der Waals surface area contributed by atoms with Crippen molar-refractivity contribution in [2.75, 3.05) is 6.54 Å². The largest absolute Gasteiger partial charge is 0.352 e. The van der Waals surface area contributed by atoms with E-state index < -0.39 is 11.7 Å². The van der Waals surface area contributed by atoms with Crippen LogP contribution in [-0.4, -0.2) is 17.4 Å². The zero-order valence-corrected chi connectivity index (χ0v) is 13.8. The summed E-state index contributed by atoms with van der Waals surface area (Å²) in [6, 6.07) is 14.2. The number of nitrogens with zero attached hydrogens (tertiary/aromatic N) is 1. The molecular formula is C18H14BrFN2O. The van der Waals surface area contributed by atoms with E-state index in [9.17, 15) is 9.18 Å². The van der Waals surface area contributed by atoms with Crippen molar-refractivity contribution >= 4 is 32.7 Å². The SMILES string of the molecule is O=C(NCCc1cccc2cccnc12)c1cc(Br)ccc1F. The minimum absolute atomic E-state index is 0.0374. The minimum Gasteiger partial charge on any atom is -0.352 e. The number of halogens is 2. The first kappa shape index (κ1) is 15.6. The number of aromatic nitrogens is 1. The van der Waals surface area contributed by atoms with Crippen LogP contribution in [0.2, 0.25) is 0 Å². The molecule has 1 N–H and O–H groups in total. The van der Waals surface area contributed by atoms with Crippen molar-refractivity contribution in [2.45, 2.75) is 6.42 Å². The van der Waals surface area contributed by atoms with E-state index >= 15 is 0 Å². The van der Waals surface area contributed by atoms with Crippen LogP contribution in [0.4, 0.5) is 4.39 Å². The van der Waals surface area contributed by atoms with Crippen molar-refractivity contribution in [2.24, 2.45) is 0 Å². The molecule has 0 spiro atoms. The number of benzene rings is 2. The molecular weight excluding hydrogens is 359 g/mol. The molecule has 2 aromatic carbocycles. The van der Waals surface area contributed by atoms with Crippen LogP contribution in [0.25, 0.3) is 10.9 Å². The summed E-state index contributed by atoms with van der Waals surface area (Å²) in [5, 5.41) is 3.82. The molecule has 0 aliphatic heterocycles. The summed E-state index contributed by atoms with van der Waals surface area (Å²) in [7, 11) is 0. The predicted octanol–water partition coefficient (Wildman–Crippen LogP) is 4.11. The summed E-state index contributed by atoms with van der Waals surface area (Å²) >= 11 is 3.24. The molecule has 0 atom stereocenters. The average Bonchev–Trinajstić information content (AvgIpc) is 2.57. The van der Waals surface area contributed by atoms with Gasteiger partial charge in [-0.05, 0) is 36.2 Å². The van der Waals surface area contributed by atoms with Gasteiger partial charge in [-0.1, -0.05) is 40.2 Å². The maximum absolute atomic E-state index is 13.7. The number of pyridine rings is 1. The van der Waals surface area contributed by atoms with Gasteiger partial charge in [0, 0.05) is 22.6 Å². The van der Waals surface area contributed by atoms with Crippen LogP contribution < -0.4 is 5.32 Å². The normalized spacial score (nSPS) is 10.7. The number of hydrogen-bond acceptors (Lipinski definition) is 2. The second-order valence-corrected chi connectivity index (χ2v) is 6.04. The lowest BCUT2D eigenvalue weighted by Crippen LogP contribution is -2.26. The Balaban J connectivity index is 1.69. The van der Waals surface area contributed by atoms with Crippen LogP contribution in [0.1, 0.15) is 15.9 Å². The molecule has 0 saturated carbocycles. The molecule has 1 amide bonds. The third kappa shape index (κ3) is 3.56. The van der Waals surface area contributed by atoms with E-state index in [-0.39, 0.29) is 5.56 Å². The first-order chi connectivity index (χ1) is 11.1. The fourth-order valence-electron chi connectivity index (χ4n) is 2.45. The van der Waals surface area contributed by atoms with E-state index in [0.29, 0.717) is 17.4 Å². The third-order valence-electron chi connectivity index (χ3n) is 3.57. The Labute approximate surface area is 141 Å². The second-order valence-electron chi connectivity index (χ2n) is 5.12. The van der Waals surface area contributed by atoms with Gasteiger partial charge in [-0.15, -0.1) is 0 Å². The van der Waals surface area contributed by atoms with Gasteiger partial charge in [-0.3, -0.25) is 9.78 Å².